The molecule has 20 heavy (non-hydrogen) atoms. The monoisotopic (exact) mass is 396 g/mol. The van der Waals surface area contributed by atoms with Gasteiger partial charge in [-0.25, -0.2) is 4.98 Å². The maximum atomic E-state index is 12.1. The predicted octanol–water partition coefficient (Wildman–Crippen LogP) is 3.55. The Morgan fingerprint density at radius 1 is 1.20 bits per heavy atom. The van der Waals surface area contributed by atoms with Crippen LogP contribution in [-0.2, 0) is 0 Å². The number of H-pyrrole nitrogens is 1. The fourth-order valence-corrected chi connectivity index (χ4v) is 2.60. The average molecular weight is 397 g/mol. The van der Waals surface area contributed by atoms with E-state index in [0.29, 0.717) is 27.3 Å². The molecule has 3 rings (SSSR count). The largest absolute Gasteiger partial charge is 0.507 e. The summed E-state index contributed by atoms with van der Waals surface area (Å²) in [7, 11) is 0. The van der Waals surface area contributed by atoms with Crippen LogP contribution in [0.15, 0.2) is 41.2 Å². The Morgan fingerprint density at radius 3 is 2.80 bits per heavy atom. The first-order valence-corrected chi connectivity index (χ1v) is 7.19. The Hall–Kier alpha value is -1.60. The lowest BCUT2D eigenvalue weighted by Crippen LogP contribution is -2.09. The summed E-state index contributed by atoms with van der Waals surface area (Å²) in [5.41, 5.74) is 0.724. The smallest absolute Gasteiger partial charge is 0.259 e. The molecule has 2 N–H and O–H groups in total. The first-order chi connectivity index (χ1) is 9.54. The number of hydrogen-bond acceptors (Lipinski definition) is 3. The molecular weight excluding hydrogens is 389 g/mol. The van der Waals surface area contributed by atoms with Crippen molar-refractivity contribution in [2.75, 3.05) is 0 Å². The number of fused-ring (bicyclic) bond motifs is 1. The lowest BCUT2D eigenvalue weighted by molar-refractivity contribution is 0.477. The van der Waals surface area contributed by atoms with Crippen molar-refractivity contribution in [1.29, 1.82) is 0 Å². The van der Waals surface area contributed by atoms with Gasteiger partial charge in [-0.15, -0.1) is 0 Å². The molecule has 0 aliphatic carbocycles. The van der Waals surface area contributed by atoms with E-state index in [2.05, 4.69) is 32.6 Å². The summed E-state index contributed by atoms with van der Waals surface area (Å²) in [4.78, 5) is 19.2. The zero-order valence-electron chi connectivity index (χ0n) is 10.0. The number of nitrogens with zero attached hydrogens (tertiary/aromatic N) is 1. The molecule has 0 saturated heterocycles. The second-order valence-electron chi connectivity index (χ2n) is 4.24. The molecule has 0 radical (unpaired) electrons. The van der Waals surface area contributed by atoms with Crippen molar-refractivity contribution < 1.29 is 5.11 Å². The van der Waals surface area contributed by atoms with Gasteiger partial charge in [0.05, 0.1) is 16.5 Å². The minimum Gasteiger partial charge on any atom is -0.507 e. The van der Waals surface area contributed by atoms with Crippen LogP contribution in [0.5, 0.6) is 5.75 Å². The zero-order chi connectivity index (χ0) is 14.3. The Morgan fingerprint density at radius 2 is 2.00 bits per heavy atom. The standard InChI is InChI=1S/C14H8ClIN2O2/c15-7-1-4-12(19)10(5-7)13-17-11-3-2-8(16)6-9(11)14(20)18-13/h1-6,19H,(H,17,18,20)/i16-2. The zero-order valence-corrected chi connectivity index (χ0v) is 12.9. The fourth-order valence-electron chi connectivity index (χ4n) is 1.94. The van der Waals surface area contributed by atoms with Gasteiger partial charge < -0.3 is 10.1 Å². The van der Waals surface area contributed by atoms with E-state index in [1.54, 1.807) is 24.3 Å². The minimum atomic E-state index is -0.247. The fraction of sp³-hybridized carbons (Fsp3) is 0. The molecule has 2 aromatic carbocycles. The highest BCUT2D eigenvalue weighted by molar-refractivity contribution is 14.1. The third-order valence-corrected chi connectivity index (χ3v) is 3.79. The van der Waals surface area contributed by atoms with Crippen LogP contribution in [0.3, 0.4) is 0 Å². The number of halogens is 2. The average Bonchev–Trinajstić information content (AvgIpc) is 2.42. The van der Waals surface area contributed by atoms with Crippen molar-refractivity contribution in [3.8, 4) is 17.1 Å². The first kappa shape index (κ1) is 13.4. The van der Waals surface area contributed by atoms with Gasteiger partial charge in [-0.1, -0.05) is 11.6 Å². The number of phenolic OH excluding ortho intramolecular Hbond substituents is 1. The number of aromatic hydroxyl groups is 1. The van der Waals surface area contributed by atoms with Crippen molar-refractivity contribution in [1.82, 2.24) is 9.97 Å². The van der Waals surface area contributed by atoms with Crippen LogP contribution in [-0.4, -0.2) is 15.1 Å². The normalized spacial score (nSPS) is 10.9. The minimum absolute atomic E-state index is 0.0161. The molecule has 1 heterocycles. The van der Waals surface area contributed by atoms with Crippen LogP contribution < -0.4 is 5.56 Å². The highest BCUT2D eigenvalue weighted by atomic mass is 125. The number of benzene rings is 2. The molecule has 3 aromatic rings. The van der Waals surface area contributed by atoms with Crippen molar-refractivity contribution >= 4 is 45.1 Å². The lowest BCUT2D eigenvalue weighted by Gasteiger charge is -2.06. The molecule has 0 amide bonds. The third-order valence-electron chi connectivity index (χ3n) is 2.88. The van der Waals surface area contributed by atoms with E-state index in [-0.39, 0.29) is 11.3 Å². The summed E-state index contributed by atoms with van der Waals surface area (Å²) in [5, 5.41) is 10.9. The van der Waals surface area contributed by atoms with Crippen molar-refractivity contribution in [3.63, 3.8) is 0 Å². The van der Waals surface area contributed by atoms with Gasteiger partial charge in [0.2, 0.25) is 0 Å². The van der Waals surface area contributed by atoms with Crippen LogP contribution in [0.25, 0.3) is 22.3 Å². The summed E-state index contributed by atoms with van der Waals surface area (Å²) in [6, 6.07) is 10.0. The highest BCUT2D eigenvalue weighted by Crippen LogP contribution is 2.29. The molecule has 4 nitrogen and oxygen atoms in total. The maximum Gasteiger partial charge on any atom is 0.259 e. The van der Waals surface area contributed by atoms with E-state index in [1.165, 1.54) is 6.07 Å². The molecule has 0 bridgehead atoms. The number of aromatic nitrogens is 2. The first-order valence-electron chi connectivity index (χ1n) is 5.73. The topological polar surface area (TPSA) is 66.0 Å². The van der Waals surface area contributed by atoms with E-state index in [4.69, 9.17) is 11.6 Å². The molecule has 6 heteroatoms. The van der Waals surface area contributed by atoms with Gasteiger partial charge in [0.25, 0.3) is 5.56 Å². The van der Waals surface area contributed by atoms with Crippen LogP contribution in [0.1, 0.15) is 0 Å². The summed E-state index contributed by atoms with van der Waals surface area (Å²) in [5.74, 6) is 0.311. The summed E-state index contributed by atoms with van der Waals surface area (Å²) < 4.78 is 0.959. The van der Waals surface area contributed by atoms with Crippen LogP contribution in [0.4, 0.5) is 0 Å². The summed E-state index contributed by atoms with van der Waals surface area (Å²) >= 11 is 8.05. The molecule has 0 aliphatic rings. The molecule has 0 atom stereocenters. The van der Waals surface area contributed by atoms with Gasteiger partial charge in [-0.3, -0.25) is 4.79 Å². The quantitative estimate of drug-likeness (QED) is 0.618. The van der Waals surface area contributed by atoms with Gasteiger partial charge >= 0.3 is 0 Å². The van der Waals surface area contributed by atoms with E-state index < -0.39 is 0 Å². The van der Waals surface area contributed by atoms with Gasteiger partial charge in [0.15, 0.2) is 0 Å². The third kappa shape index (κ3) is 2.38. The maximum absolute atomic E-state index is 12.1. The van der Waals surface area contributed by atoms with Crippen LogP contribution in [0.2, 0.25) is 5.02 Å². The molecule has 0 spiro atoms. The summed E-state index contributed by atoms with van der Waals surface area (Å²) in [6.07, 6.45) is 0. The molecule has 0 saturated carbocycles. The van der Waals surface area contributed by atoms with Gasteiger partial charge in [-0.2, -0.15) is 0 Å². The van der Waals surface area contributed by atoms with E-state index in [9.17, 15) is 9.90 Å². The van der Waals surface area contributed by atoms with Gasteiger partial charge in [-0.05, 0) is 59.0 Å². The number of aromatic amines is 1. The Labute approximate surface area is 132 Å². The van der Waals surface area contributed by atoms with Crippen LogP contribution in [0, 0.1) is 3.57 Å². The molecule has 1 aromatic heterocycles. The number of phenols is 1. The highest BCUT2D eigenvalue weighted by Gasteiger charge is 2.10. The van der Waals surface area contributed by atoms with Crippen molar-refractivity contribution in [3.05, 3.63) is 55.3 Å². The second kappa shape index (κ2) is 5.06. The van der Waals surface area contributed by atoms with Crippen molar-refractivity contribution in [2.45, 2.75) is 0 Å². The Balaban J connectivity index is 2.30. The molecule has 0 fully saturated rings. The number of hydrogen-bond donors (Lipinski definition) is 2. The molecular formula is C14H8ClIN2O2. The summed E-state index contributed by atoms with van der Waals surface area (Å²) in [6.45, 7) is 0. The number of nitrogens with one attached hydrogen (secondary N) is 1. The van der Waals surface area contributed by atoms with Gasteiger partial charge in [0.1, 0.15) is 11.6 Å². The lowest BCUT2D eigenvalue weighted by atomic mass is 10.1. The van der Waals surface area contributed by atoms with Crippen molar-refractivity contribution in [2.24, 2.45) is 0 Å². The predicted molar refractivity (Wildman–Crippen MR) is 87.2 cm³/mol. The molecule has 100 valence electrons. The Kier molecular flexibility index (Phi) is 3.39. The number of rotatable bonds is 1. The second-order valence-corrected chi connectivity index (χ2v) is 5.92. The molecule has 0 unspecified atom stereocenters. The van der Waals surface area contributed by atoms with Crippen LogP contribution >= 0.6 is 34.2 Å². The SMILES string of the molecule is O=c1[nH]c(-c2cc(Cl)ccc2O)nc2ccc([125I])cc12. The molecule has 0 aliphatic heterocycles. The Bertz CT molecular complexity index is 877. The van der Waals surface area contributed by atoms with E-state index in [0.717, 1.165) is 3.57 Å². The van der Waals surface area contributed by atoms with E-state index >= 15 is 0 Å². The van der Waals surface area contributed by atoms with E-state index in [1.807, 2.05) is 6.07 Å². The van der Waals surface area contributed by atoms with Gasteiger partial charge in [0, 0.05) is 8.59 Å².